The molecule has 27 heavy (non-hydrogen) atoms. The molecular formula is C19H26FIN4O2. The Morgan fingerprint density at radius 1 is 1.41 bits per heavy atom. The molecule has 0 aliphatic heterocycles. The van der Waals surface area contributed by atoms with Gasteiger partial charge in [0, 0.05) is 12.6 Å². The highest BCUT2D eigenvalue weighted by Crippen LogP contribution is 2.30. The molecule has 0 spiro atoms. The molecule has 1 fully saturated rings. The normalized spacial score (nSPS) is 15.0. The molecule has 1 aromatic carbocycles. The van der Waals surface area contributed by atoms with Gasteiger partial charge in [0.2, 0.25) is 0 Å². The Hall–Kier alpha value is -1.84. The number of benzene rings is 1. The Balaban J connectivity index is 0.00000261. The molecule has 0 bridgehead atoms. The van der Waals surface area contributed by atoms with E-state index in [2.05, 4.69) is 20.8 Å². The zero-order valence-electron chi connectivity index (χ0n) is 15.6. The van der Waals surface area contributed by atoms with Crippen molar-refractivity contribution in [3.05, 3.63) is 47.6 Å². The summed E-state index contributed by atoms with van der Waals surface area (Å²) < 4.78 is 24.6. The van der Waals surface area contributed by atoms with Gasteiger partial charge in [-0.05, 0) is 50.3 Å². The minimum absolute atomic E-state index is 0. The molecule has 2 N–H and O–H groups in total. The third-order valence-corrected chi connectivity index (χ3v) is 4.22. The predicted octanol–water partition coefficient (Wildman–Crippen LogP) is 4.04. The number of rotatable bonds is 8. The first-order valence-corrected chi connectivity index (χ1v) is 9.02. The highest BCUT2D eigenvalue weighted by molar-refractivity contribution is 14.0. The third-order valence-electron chi connectivity index (χ3n) is 4.22. The van der Waals surface area contributed by atoms with Crippen LogP contribution >= 0.6 is 24.0 Å². The minimum atomic E-state index is -0.332. The lowest BCUT2D eigenvalue weighted by Crippen LogP contribution is -2.38. The number of aliphatic imine (C=N–C) groups is 1. The Bertz CT molecular complexity index is 735. The topological polar surface area (TPSA) is 71.7 Å². The lowest BCUT2D eigenvalue weighted by atomic mass is 10.1. The van der Waals surface area contributed by atoms with Crippen LogP contribution < -0.4 is 15.4 Å². The summed E-state index contributed by atoms with van der Waals surface area (Å²) >= 11 is 0. The summed E-state index contributed by atoms with van der Waals surface area (Å²) in [5.74, 6) is 1.22. The fourth-order valence-electron chi connectivity index (χ4n) is 2.48. The number of guanidine groups is 1. The molecule has 1 unspecified atom stereocenters. The van der Waals surface area contributed by atoms with Gasteiger partial charge in [0.05, 0.1) is 19.2 Å². The van der Waals surface area contributed by atoms with Crippen LogP contribution in [-0.2, 0) is 6.54 Å². The van der Waals surface area contributed by atoms with Gasteiger partial charge in [0.25, 0.3) is 0 Å². The van der Waals surface area contributed by atoms with Crippen LogP contribution in [0.2, 0.25) is 0 Å². The molecule has 1 heterocycles. The summed E-state index contributed by atoms with van der Waals surface area (Å²) in [5, 5.41) is 10.3. The maximum Gasteiger partial charge on any atom is 0.192 e. The molecule has 2 aromatic rings. The minimum Gasteiger partial charge on any atom is -0.490 e. The van der Waals surface area contributed by atoms with E-state index in [0.29, 0.717) is 30.8 Å². The Morgan fingerprint density at radius 2 is 2.22 bits per heavy atom. The number of hydrogen-bond donors (Lipinski definition) is 2. The average molecular weight is 488 g/mol. The third kappa shape index (κ3) is 6.67. The molecule has 3 rings (SSSR count). The van der Waals surface area contributed by atoms with Crippen LogP contribution in [0.15, 0.2) is 40.0 Å². The number of halogens is 2. The predicted molar refractivity (Wildman–Crippen MR) is 113 cm³/mol. The largest absolute Gasteiger partial charge is 0.490 e. The summed E-state index contributed by atoms with van der Waals surface area (Å²) in [7, 11) is 0. The van der Waals surface area contributed by atoms with E-state index in [0.717, 1.165) is 17.8 Å². The van der Waals surface area contributed by atoms with Crippen molar-refractivity contribution in [1.82, 2.24) is 15.8 Å². The fraction of sp³-hybridized carbons (Fsp3) is 0.474. The molecule has 0 amide bonds. The molecule has 1 aromatic heterocycles. The van der Waals surface area contributed by atoms with Crippen molar-refractivity contribution in [3.63, 3.8) is 0 Å². The lowest BCUT2D eigenvalue weighted by Gasteiger charge is -2.19. The van der Waals surface area contributed by atoms with Gasteiger partial charge in [-0.1, -0.05) is 11.2 Å². The highest BCUT2D eigenvalue weighted by Gasteiger charge is 2.22. The van der Waals surface area contributed by atoms with E-state index < -0.39 is 0 Å². The first-order chi connectivity index (χ1) is 12.7. The van der Waals surface area contributed by atoms with E-state index >= 15 is 0 Å². The molecular weight excluding hydrogens is 462 g/mol. The summed E-state index contributed by atoms with van der Waals surface area (Å²) in [4.78, 5) is 4.47. The van der Waals surface area contributed by atoms with Crippen molar-refractivity contribution >= 4 is 29.9 Å². The second-order valence-electron chi connectivity index (χ2n) is 6.50. The van der Waals surface area contributed by atoms with Crippen molar-refractivity contribution in [2.75, 3.05) is 13.2 Å². The summed E-state index contributed by atoms with van der Waals surface area (Å²) in [6.07, 6.45) is 3.88. The monoisotopic (exact) mass is 488 g/mol. The van der Waals surface area contributed by atoms with Gasteiger partial charge >= 0.3 is 0 Å². The van der Waals surface area contributed by atoms with Gasteiger partial charge in [-0.25, -0.2) is 9.38 Å². The summed E-state index contributed by atoms with van der Waals surface area (Å²) in [5.41, 5.74) is 1.58. The Morgan fingerprint density at radius 3 is 2.85 bits per heavy atom. The quantitative estimate of drug-likeness (QED) is 0.334. The smallest absolute Gasteiger partial charge is 0.192 e. The van der Waals surface area contributed by atoms with Crippen molar-refractivity contribution < 1.29 is 13.7 Å². The first kappa shape index (κ1) is 21.5. The number of nitrogens with one attached hydrogen (secondary N) is 2. The standard InChI is InChI=1S/C19H25FN4O2.HI/c1-3-21-19(22-11-16-8-9-26-24-16)23-13(2)15-6-7-18(17(20)10-15)25-12-14-4-5-14;/h6-10,13-14H,3-5,11-12H2,1-2H3,(H2,21,22,23);1H. The molecule has 1 atom stereocenters. The molecule has 148 valence electrons. The van der Waals surface area contributed by atoms with Crippen LogP contribution in [0.5, 0.6) is 5.75 Å². The van der Waals surface area contributed by atoms with Crippen molar-refractivity contribution in [3.8, 4) is 5.75 Å². The second-order valence-corrected chi connectivity index (χ2v) is 6.50. The first-order valence-electron chi connectivity index (χ1n) is 9.02. The van der Waals surface area contributed by atoms with Gasteiger partial charge in [0.1, 0.15) is 12.0 Å². The maximum absolute atomic E-state index is 14.3. The molecule has 1 aliphatic rings. The molecule has 0 radical (unpaired) electrons. The molecule has 6 nitrogen and oxygen atoms in total. The van der Waals surface area contributed by atoms with E-state index in [4.69, 9.17) is 9.26 Å². The van der Waals surface area contributed by atoms with Crippen LogP contribution in [-0.4, -0.2) is 24.3 Å². The fourth-order valence-corrected chi connectivity index (χ4v) is 2.48. The zero-order chi connectivity index (χ0) is 18.4. The van der Waals surface area contributed by atoms with Crippen LogP contribution in [0.1, 0.15) is 44.0 Å². The van der Waals surface area contributed by atoms with Crippen molar-refractivity contribution in [2.24, 2.45) is 10.9 Å². The zero-order valence-corrected chi connectivity index (χ0v) is 17.9. The van der Waals surface area contributed by atoms with E-state index in [1.165, 1.54) is 25.2 Å². The number of hydrogen-bond acceptors (Lipinski definition) is 4. The molecule has 0 saturated heterocycles. The molecule has 1 aliphatic carbocycles. The van der Waals surface area contributed by atoms with Crippen LogP contribution in [0.25, 0.3) is 0 Å². The Kier molecular flexibility index (Phi) is 8.33. The number of aromatic nitrogens is 1. The van der Waals surface area contributed by atoms with Crippen LogP contribution in [0, 0.1) is 11.7 Å². The van der Waals surface area contributed by atoms with Gasteiger partial charge in [-0.15, -0.1) is 24.0 Å². The number of nitrogens with zero attached hydrogens (tertiary/aromatic N) is 2. The van der Waals surface area contributed by atoms with E-state index in [9.17, 15) is 4.39 Å². The Labute approximate surface area is 176 Å². The molecule has 1 saturated carbocycles. The summed E-state index contributed by atoms with van der Waals surface area (Å²) in [6, 6.07) is 6.75. The highest BCUT2D eigenvalue weighted by atomic mass is 127. The van der Waals surface area contributed by atoms with Crippen molar-refractivity contribution in [1.29, 1.82) is 0 Å². The maximum atomic E-state index is 14.3. The van der Waals surface area contributed by atoms with E-state index in [1.807, 2.05) is 19.9 Å². The number of ether oxygens (including phenoxy) is 1. The molecule has 8 heteroatoms. The van der Waals surface area contributed by atoms with Gasteiger partial charge in [-0.3, -0.25) is 0 Å². The summed E-state index contributed by atoms with van der Waals surface area (Å²) in [6.45, 7) is 5.68. The van der Waals surface area contributed by atoms with Gasteiger partial charge in [-0.2, -0.15) is 0 Å². The van der Waals surface area contributed by atoms with Gasteiger partial charge < -0.3 is 19.9 Å². The van der Waals surface area contributed by atoms with E-state index in [1.54, 1.807) is 12.1 Å². The van der Waals surface area contributed by atoms with E-state index in [-0.39, 0.29) is 35.8 Å². The van der Waals surface area contributed by atoms with Crippen LogP contribution in [0.3, 0.4) is 0 Å². The van der Waals surface area contributed by atoms with Gasteiger partial charge in [0.15, 0.2) is 17.5 Å². The SMILES string of the molecule is CCNC(=NCc1ccon1)NC(C)c1ccc(OCC2CC2)c(F)c1.I. The van der Waals surface area contributed by atoms with Crippen molar-refractivity contribution in [2.45, 2.75) is 39.3 Å². The average Bonchev–Trinajstić information content (AvgIpc) is 3.31. The second kappa shape index (κ2) is 10.5. The lowest BCUT2D eigenvalue weighted by molar-refractivity contribution is 0.285. The van der Waals surface area contributed by atoms with Crippen LogP contribution in [0.4, 0.5) is 4.39 Å².